The summed E-state index contributed by atoms with van der Waals surface area (Å²) in [6, 6.07) is 0. The number of methoxy groups -OCH3 is 1. The van der Waals surface area contributed by atoms with Gasteiger partial charge in [0.2, 0.25) is 10.7 Å². The average Bonchev–Trinajstić information content (AvgIpc) is 2.92. The van der Waals surface area contributed by atoms with Crippen molar-refractivity contribution in [1.29, 1.82) is 0 Å². The van der Waals surface area contributed by atoms with Gasteiger partial charge in [-0.25, -0.2) is 14.3 Å². The smallest absolute Gasteiger partial charge is 0.362 e. The van der Waals surface area contributed by atoms with Crippen molar-refractivity contribution in [1.82, 2.24) is 14.6 Å². The van der Waals surface area contributed by atoms with E-state index in [0.29, 0.717) is 16.3 Å². The number of nitrogens with zero attached hydrogens (tertiary/aromatic N) is 4. The molecule has 0 aliphatic carbocycles. The first kappa shape index (κ1) is 15.4. The third-order valence-corrected chi connectivity index (χ3v) is 4.14. The van der Waals surface area contributed by atoms with Gasteiger partial charge in [-0.3, -0.25) is 0 Å². The van der Waals surface area contributed by atoms with Gasteiger partial charge in [-0.15, -0.1) is 0 Å². The molecule has 0 saturated heterocycles. The summed E-state index contributed by atoms with van der Waals surface area (Å²) in [5, 5.41) is 9.24. The van der Waals surface area contributed by atoms with Crippen LogP contribution >= 0.6 is 11.3 Å². The number of fused-ring (bicyclic) bond motifs is 1. The Morgan fingerprint density at radius 2 is 2.00 bits per heavy atom. The molecule has 0 fully saturated rings. The highest BCUT2D eigenvalue weighted by molar-refractivity contribution is 7.16. The van der Waals surface area contributed by atoms with Gasteiger partial charge in [-0.1, -0.05) is 37.3 Å². The molecule has 0 bridgehead atoms. The van der Waals surface area contributed by atoms with Crippen LogP contribution in [0.2, 0.25) is 0 Å². The van der Waals surface area contributed by atoms with Crippen LogP contribution in [0.4, 0.5) is 0 Å². The first-order valence-corrected chi connectivity index (χ1v) is 7.17. The number of carbonyl (C=O) groups is 1. The molecular weight excluding hydrogens is 292 g/mol. The van der Waals surface area contributed by atoms with E-state index in [2.05, 4.69) is 36.0 Å². The highest BCUT2D eigenvalue weighted by Gasteiger charge is 2.27. The number of hydrogen-bond acceptors (Lipinski definition) is 7. The predicted molar refractivity (Wildman–Crippen MR) is 79.9 cm³/mol. The number of oxime groups is 1. The number of esters is 1. The Morgan fingerprint density at radius 1 is 1.33 bits per heavy atom. The van der Waals surface area contributed by atoms with Crippen LogP contribution in [0.25, 0.3) is 4.96 Å². The van der Waals surface area contributed by atoms with E-state index in [1.54, 1.807) is 11.4 Å². The van der Waals surface area contributed by atoms with E-state index in [9.17, 15) is 4.79 Å². The van der Waals surface area contributed by atoms with E-state index < -0.39 is 5.97 Å². The zero-order valence-corrected chi connectivity index (χ0v) is 13.7. The molecule has 0 aliphatic rings. The molecule has 0 aromatic carbocycles. The molecule has 0 amide bonds. The van der Waals surface area contributed by atoms with Crippen LogP contribution in [0.3, 0.4) is 0 Å². The first-order chi connectivity index (χ1) is 9.79. The molecular formula is C13H18N4O3S. The Kier molecular flexibility index (Phi) is 3.99. The molecule has 0 radical (unpaired) electrons. The lowest BCUT2D eigenvalue weighted by Crippen LogP contribution is -2.21. The van der Waals surface area contributed by atoms with Crippen LogP contribution in [0.1, 0.15) is 37.2 Å². The van der Waals surface area contributed by atoms with Crippen molar-refractivity contribution in [2.75, 3.05) is 14.2 Å². The van der Waals surface area contributed by atoms with Crippen molar-refractivity contribution in [3.8, 4) is 0 Å². The number of hydrogen-bond donors (Lipinski definition) is 0. The summed E-state index contributed by atoms with van der Waals surface area (Å²) in [5.41, 5.74) is 1.09. The van der Waals surface area contributed by atoms with Gasteiger partial charge < -0.3 is 9.57 Å². The normalized spacial score (nSPS) is 12.8. The summed E-state index contributed by atoms with van der Waals surface area (Å²) in [6.07, 6.45) is 0. The lowest BCUT2D eigenvalue weighted by Gasteiger charge is -2.12. The van der Waals surface area contributed by atoms with E-state index in [-0.39, 0.29) is 11.1 Å². The summed E-state index contributed by atoms with van der Waals surface area (Å²) in [5.74, 6) is -0.591. The van der Waals surface area contributed by atoms with Gasteiger partial charge in [0.1, 0.15) is 17.8 Å². The molecule has 2 heterocycles. The van der Waals surface area contributed by atoms with Gasteiger partial charge in [-0.05, 0) is 6.92 Å². The SMILES string of the molecule is CO/N=C(\C(=O)OC)c1c(C)nc2sc(C(C)(C)C)nn12. The van der Waals surface area contributed by atoms with Crippen molar-refractivity contribution in [2.45, 2.75) is 33.1 Å². The molecule has 0 unspecified atom stereocenters. The van der Waals surface area contributed by atoms with Gasteiger partial charge in [0.15, 0.2) is 0 Å². The molecule has 0 spiro atoms. The third kappa shape index (κ3) is 2.76. The van der Waals surface area contributed by atoms with E-state index in [0.717, 1.165) is 5.01 Å². The molecule has 0 aliphatic heterocycles. The standard InChI is InChI=1S/C13H18N4O3S/c1-7-9(8(16-20-6)10(18)19-5)17-12(14-7)21-11(15-17)13(2,3)4/h1-6H3/b16-8-. The second kappa shape index (κ2) is 5.44. The second-order valence-corrected chi connectivity index (χ2v) is 6.47. The van der Waals surface area contributed by atoms with Crippen molar-refractivity contribution in [3.63, 3.8) is 0 Å². The summed E-state index contributed by atoms with van der Waals surface area (Å²) < 4.78 is 6.37. The number of aryl methyl sites for hydroxylation is 1. The number of ether oxygens (including phenoxy) is 1. The molecule has 0 saturated carbocycles. The molecule has 2 aromatic heterocycles. The van der Waals surface area contributed by atoms with Gasteiger partial charge >= 0.3 is 5.97 Å². The van der Waals surface area contributed by atoms with Crippen LogP contribution in [-0.2, 0) is 19.8 Å². The molecule has 0 N–H and O–H groups in total. The maximum absolute atomic E-state index is 11.9. The second-order valence-electron chi connectivity index (χ2n) is 5.51. The number of aromatic nitrogens is 3. The maximum atomic E-state index is 11.9. The summed E-state index contributed by atoms with van der Waals surface area (Å²) in [4.78, 5) is 21.8. The molecule has 0 atom stereocenters. The zero-order valence-electron chi connectivity index (χ0n) is 12.9. The summed E-state index contributed by atoms with van der Waals surface area (Å²) in [6.45, 7) is 8.01. The van der Waals surface area contributed by atoms with Gasteiger partial charge in [0, 0.05) is 5.41 Å². The van der Waals surface area contributed by atoms with Gasteiger partial charge in [0.05, 0.1) is 12.8 Å². The van der Waals surface area contributed by atoms with Crippen LogP contribution in [-0.4, -0.2) is 40.5 Å². The summed E-state index contributed by atoms with van der Waals surface area (Å²) >= 11 is 1.49. The van der Waals surface area contributed by atoms with Crippen LogP contribution < -0.4 is 0 Å². The van der Waals surface area contributed by atoms with Crippen molar-refractivity contribution >= 4 is 28.0 Å². The number of imidazole rings is 1. The lowest BCUT2D eigenvalue weighted by atomic mass is 9.98. The van der Waals surface area contributed by atoms with Crippen molar-refractivity contribution < 1.29 is 14.4 Å². The Labute approximate surface area is 126 Å². The highest BCUT2D eigenvalue weighted by Crippen LogP contribution is 2.28. The van der Waals surface area contributed by atoms with Crippen molar-refractivity contribution in [2.24, 2.45) is 5.16 Å². The fourth-order valence-electron chi connectivity index (χ4n) is 1.79. The average molecular weight is 310 g/mol. The minimum absolute atomic E-state index is 0.0516. The monoisotopic (exact) mass is 310 g/mol. The molecule has 21 heavy (non-hydrogen) atoms. The lowest BCUT2D eigenvalue weighted by molar-refractivity contribution is -0.132. The minimum Gasteiger partial charge on any atom is -0.464 e. The van der Waals surface area contributed by atoms with E-state index in [1.165, 1.54) is 25.6 Å². The Bertz CT molecular complexity index is 709. The van der Waals surface area contributed by atoms with Crippen molar-refractivity contribution in [3.05, 3.63) is 16.4 Å². The quantitative estimate of drug-likeness (QED) is 0.492. The molecule has 114 valence electrons. The fourth-order valence-corrected chi connectivity index (χ4v) is 2.79. The Morgan fingerprint density at radius 3 is 2.52 bits per heavy atom. The first-order valence-electron chi connectivity index (χ1n) is 6.36. The van der Waals surface area contributed by atoms with Crippen LogP contribution in [0, 0.1) is 6.92 Å². The van der Waals surface area contributed by atoms with Gasteiger partial charge in [-0.2, -0.15) is 5.10 Å². The predicted octanol–water partition coefficient (Wildman–Crippen LogP) is 1.92. The highest BCUT2D eigenvalue weighted by atomic mass is 32.1. The van der Waals surface area contributed by atoms with E-state index >= 15 is 0 Å². The Hall–Kier alpha value is -1.96. The number of carbonyl (C=O) groups excluding carboxylic acids is 1. The zero-order chi connectivity index (χ0) is 15.8. The minimum atomic E-state index is -0.591. The third-order valence-electron chi connectivity index (χ3n) is 2.81. The fraction of sp³-hybridized carbons (Fsp3) is 0.538. The molecule has 2 aromatic rings. The largest absolute Gasteiger partial charge is 0.464 e. The van der Waals surface area contributed by atoms with E-state index in [1.807, 2.05) is 0 Å². The molecule has 7 nitrogen and oxygen atoms in total. The van der Waals surface area contributed by atoms with Gasteiger partial charge in [0.25, 0.3) is 0 Å². The van der Waals surface area contributed by atoms with E-state index in [4.69, 9.17) is 9.57 Å². The molecule has 2 rings (SSSR count). The maximum Gasteiger partial charge on any atom is 0.362 e. The molecule has 8 heteroatoms. The van der Waals surface area contributed by atoms with Crippen LogP contribution in [0.15, 0.2) is 5.16 Å². The van der Waals surface area contributed by atoms with Crippen LogP contribution in [0.5, 0.6) is 0 Å². The topological polar surface area (TPSA) is 78.1 Å². The number of rotatable bonds is 3. The summed E-state index contributed by atoms with van der Waals surface area (Å²) in [7, 11) is 2.67. The Balaban J connectivity index is 2.67.